The molecule has 0 N–H and O–H groups in total. The Kier molecular flexibility index (Phi) is 2.41. The molecule has 1 aliphatic carbocycles. The highest BCUT2D eigenvalue weighted by Gasteiger charge is 1.95. The molecule has 0 aromatic heterocycles. The Morgan fingerprint density at radius 1 is 1.10 bits per heavy atom. The van der Waals surface area contributed by atoms with Gasteiger partial charge in [-0.05, 0) is 18.8 Å². The molecule has 48 valence electrons. The third kappa shape index (κ3) is 1.84. The second-order valence-electron chi connectivity index (χ2n) is 1.94. The summed E-state index contributed by atoms with van der Waals surface area (Å²) in [5, 5.41) is 0. The molecule has 1 rings (SSSR count). The fraction of sp³-hybridized carbons (Fsp3) is 0.200. The Hall–Kier alpha value is -1.40. The van der Waals surface area contributed by atoms with Gasteiger partial charge in [-0.2, -0.15) is 0 Å². The molecule has 0 bridgehead atoms. The lowest BCUT2D eigenvalue weighted by Crippen LogP contribution is -1.79. The van der Waals surface area contributed by atoms with Gasteiger partial charge >= 0.3 is 0 Å². The summed E-state index contributed by atoms with van der Waals surface area (Å²) in [7, 11) is 0. The third-order valence-corrected chi connectivity index (χ3v) is 1.17. The van der Waals surface area contributed by atoms with Gasteiger partial charge in [0, 0.05) is 0 Å². The molecule has 0 heteroatoms. The van der Waals surface area contributed by atoms with Gasteiger partial charge in [-0.3, -0.25) is 0 Å². The molecule has 0 spiro atoms. The molecule has 0 atom stereocenters. The summed E-state index contributed by atoms with van der Waals surface area (Å²) in [4.78, 5) is 0. The van der Waals surface area contributed by atoms with Gasteiger partial charge in [0.15, 0.2) is 0 Å². The smallest absolute Gasteiger partial charge is 0.0579 e. The van der Waals surface area contributed by atoms with E-state index in [0.29, 0.717) is 5.92 Å². The van der Waals surface area contributed by atoms with E-state index in [1.54, 1.807) is 6.92 Å². The van der Waals surface area contributed by atoms with Gasteiger partial charge < -0.3 is 0 Å². The molecule has 0 amide bonds. The maximum atomic E-state index is 2.99. The predicted molar refractivity (Wildman–Crippen MR) is 43.0 cm³/mol. The summed E-state index contributed by atoms with van der Waals surface area (Å²) < 4.78 is 0. The molecule has 0 nitrogen and oxygen atoms in total. The summed E-state index contributed by atoms with van der Waals surface area (Å²) in [5.74, 6) is 11.5. The Labute approximate surface area is 61.6 Å². The highest BCUT2D eigenvalue weighted by atomic mass is 14.0. The minimum Gasteiger partial charge on any atom is -0.0925 e. The van der Waals surface area contributed by atoms with Gasteiger partial charge in [0.25, 0.3) is 0 Å². The summed E-state index contributed by atoms with van der Waals surface area (Å²) in [6.45, 7) is 1.79. The van der Waals surface area contributed by atoms with Crippen LogP contribution in [0.1, 0.15) is 6.92 Å². The van der Waals surface area contributed by atoms with Crippen LogP contribution in [0.25, 0.3) is 0 Å². The zero-order valence-corrected chi connectivity index (χ0v) is 5.89. The SMILES string of the molecule is CC#CC#CC1C=CC=C1. The average Bonchev–Trinajstić information content (AvgIpc) is 2.41. The first-order valence-electron chi connectivity index (χ1n) is 3.21. The highest BCUT2D eigenvalue weighted by Crippen LogP contribution is 2.05. The van der Waals surface area contributed by atoms with E-state index in [0.717, 1.165) is 0 Å². The molecular weight excluding hydrogens is 120 g/mol. The largest absolute Gasteiger partial charge is 0.0925 e. The summed E-state index contributed by atoms with van der Waals surface area (Å²) in [6, 6.07) is 0. The van der Waals surface area contributed by atoms with Crippen molar-refractivity contribution < 1.29 is 0 Å². The van der Waals surface area contributed by atoms with Crippen LogP contribution in [0.2, 0.25) is 0 Å². The van der Waals surface area contributed by atoms with Crippen LogP contribution in [0.5, 0.6) is 0 Å². The molecule has 0 aromatic carbocycles. The number of hydrogen-bond acceptors (Lipinski definition) is 0. The first kappa shape index (κ1) is 6.72. The minimum atomic E-state index is 0.292. The second-order valence-corrected chi connectivity index (χ2v) is 1.94. The van der Waals surface area contributed by atoms with Crippen LogP contribution in [0, 0.1) is 29.6 Å². The minimum absolute atomic E-state index is 0.292. The summed E-state index contributed by atoms with van der Waals surface area (Å²) >= 11 is 0. The molecule has 0 fully saturated rings. The molecular formula is C10H8. The van der Waals surface area contributed by atoms with Crippen LogP contribution < -0.4 is 0 Å². The van der Waals surface area contributed by atoms with Crippen molar-refractivity contribution in [1.82, 2.24) is 0 Å². The lowest BCUT2D eigenvalue weighted by atomic mass is 10.2. The molecule has 0 radical (unpaired) electrons. The predicted octanol–water partition coefficient (Wildman–Crippen LogP) is 1.76. The van der Waals surface area contributed by atoms with Gasteiger partial charge in [-0.25, -0.2) is 0 Å². The van der Waals surface area contributed by atoms with Crippen molar-refractivity contribution in [3.05, 3.63) is 24.3 Å². The summed E-state index contributed by atoms with van der Waals surface area (Å²) in [5.41, 5.74) is 0. The van der Waals surface area contributed by atoms with Crippen molar-refractivity contribution in [1.29, 1.82) is 0 Å². The zero-order chi connectivity index (χ0) is 7.23. The van der Waals surface area contributed by atoms with Gasteiger partial charge in [0.2, 0.25) is 0 Å². The van der Waals surface area contributed by atoms with Crippen LogP contribution in [0.4, 0.5) is 0 Å². The second kappa shape index (κ2) is 3.59. The van der Waals surface area contributed by atoms with Crippen LogP contribution >= 0.6 is 0 Å². The lowest BCUT2D eigenvalue weighted by molar-refractivity contribution is 1.15. The topological polar surface area (TPSA) is 0 Å². The molecule has 10 heavy (non-hydrogen) atoms. The third-order valence-electron chi connectivity index (χ3n) is 1.17. The fourth-order valence-electron chi connectivity index (χ4n) is 0.710. The van der Waals surface area contributed by atoms with Gasteiger partial charge in [-0.15, -0.1) is 0 Å². The van der Waals surface area contributed by atoms with Crippen LogP contribution in [-0.2, 0) is 0 Å². The Morgan fingerprint density at radius 3 is 2.40 bits per heavy atom. The number of hydrogen-bond donors (Lipinski definition) is 0. The lowest BCUT2D eigenvalue weighted by Gasteiger charge is -1.85. The Balaban J connectivity index is 2.53. The molecule has 0 saturated carbocycles. The monoisotopic (exact) mass is 128 g/mol. The first-order chi connectivity index (χ1) is 4.93. The molecule has 0 unspecified atom stereocenters. The van der Waals surface area contributed by atoms with Gasteiger partial charge in [-0.1, -0.05) is 36.1 Å². The highest BCUT2D eigenvalue weighted by molar-refractivity contribution is 5.33. The van der Waals surface area contributed by atoms with E-state index in [1.807, 2.05) is 24.3 Å². The standard InChI is InChI=1S/C10H8/c1-2-3-4-7-10-8-5-6-9-10/h5-6,8-10H,1H3. The average molecular weight is 128 g/mol. The van der Waals surface area contributed by atoms with Crippen molar-refractivity contribution >= 4 is 0 Å². The van der Waals surface area contributed by atoms with Crippen molar-refractivity contribution in [3.8, 4) is 23.7 Å². The fourth-order valence-corrected chi connectivity index (χ4v) is 0.710. The van der Waals surface area contributed by atoms with Crippen molar-refractivity contribution in [2.24, 2.45) is 5.92 Å². The van der Waals surface area contributed by atoms with Gasteiger partial charge in [0.05, 0.1) is 5.92 Å². The van der Waals surface area contributed by atoms with Crippen LogP contribution in [-0.4, -0.2) is 0 Å². The van der Waals surface area contributed by atoms with E-state index in [1.165, 1.54) is 0 Å². The number of allylic oxidation sites excluding steroid dienone is 4. The first-order valence-corrected chi connectivity index (χ1v) is 3.21. The van der Waals surface area contributed by atoms with Crippen LogP contribution in [0.15, 0.2) is 24.3 Å². The maximum absolute atomic E-state index is 2.99. The van der Waals surface area contributed by atoms with Crippen molar-refractivity contribution in [2.75, 3.05) is 0 Å². The quantitative estimate of drug-likeness (QED) is 0.436. The van der Waals surface area contributed by atoms with Crippen molar-refractivity contribution in [2.45, 2.75) is 6.92 Å². The molecule has 0 aliphatic heterocycles. The van der Waals surface area contributed by atoms with Crippen molar-refractivity contribution in [3.63, 3.8) is 0 Å². The maximum Gasteiger partial charge on any atom is 0.0579 e. The molecule has 0 heterocycles. The molecule has 0 saturated heterocycles. The van der Waals surface area contributed by atoms with Gasteiger partial charge in [0.1, 0.15) is 0 Å². The number of rotatable bonds is 0. The zero-order valence-electron chi connectivity index (χ0n) is 5.89. The summed E-state index contributed by atoms with van der Waals surface area (Å²) in [6.07, 6.45) is 8.09. The van der Waals surface area contributed by atoms with Crippen LogP contribution in [0.3, 0.4) is 0 Å². The van der Waals surface area contributed by atoms with E-state index in [4.69, 9.17) is 0 Å². The van der Waals surface area contributed by atoms with E-state index < -0.39 is 0 Å². The molecule has 0 aromatic rings. The van der Waals surface area contributed by atoms with E-state index in [2.05, 4.69) is 23.7 Å². The van der Waals surface area contributed by atoms with E-state index in [9.17, 15) is 0 Å². The van der Waals surface area contributed by atoms with E-state index in [-0.39, 0.29) is 0 Å². The Bertz CT molecular complexity index is 259. The Morgan fingerprint density at radius 2 is 1.80 bits per heavy atom. The normalized spacial score (nSPS) is 13.7. The van der Waals surface area contributed by atoms with E-state index >= 15 is 0 Å². The molecule has 1 aliphatic rings.